The molecule has 0 bridgehead atoms. The van der Waals surface area contributed by atoms with Gasteiger partial charge in [0.15, 0.2) is 6.29 Å². The first-order valence-corrected chi connectivity index (χ1v) is 10.2. The molecule has 0 spiro atoms. The lowest BCUT2D eigenvalue weighted by Gasteiger charge is -2.05. The van der Waals surface area contributed by atoms with Crippen LogP contribution in [0.25, 0.3) is 30.6 Å². The Morgan fingerprint density at radius 3 is 2.42 bits per heavy atom. The Morgan fingerprint density at radius 1 is 0.833 bits per heavy atom. The lowest BCUT2D eigenvalue weighted by molar-refractivity contribution is -0.0413. The molecule has 24 heavy (non-hydrogen) atoms. The van der Waals surface area contributed by atoms with Gasteiger partial charge in [-0.2, -0.15) is 0 Å². The Bertz CT molecular complexity index is 1040. The molecule has 0 unspecified atom stereocenters. The Balaban J connectivity index is 1.61. The minimum absolute atomic E-state index is 0.189. The topological polar surface area (TPSA) is 18.5 Å². The van der Waals surface area contributed by atoms with Gasteiger partial charge in [-0.05, 0) is 48.0 Å². The summed E-state index contributed by atoms with van der Waals surface area (Å²) in [6.07, 6.45) is -0.189. The molecule has 0 N–H and O–H groups in total. The first-order valence-electron chi connectivity index (χ1n) is 7.73. The van der Waals surface area contributed by atoms with Crippen molar-refractivity contribution in [2.45, 2.75) is 6.29 Å². The number of hydrogen-bond acceptors (Lipinski definition) is 4. The van der Waals surface area contributed by atoms with Crippen molar-refractivity contribution in [1.82, 2.24) is 0 Å². The number of fused-ring (bicyclic) bond motifs is 3. The summed E-state index contributed by atoms with van der Waals surface area (Å²) in [5.41, 5.74) is 1.25. The molecule has 2 aromatic heterocycles. The molecular formula is C19H13BrO2S2. The van der Waals surface area contributed by atoms with Gasteiger partial charge in [0.05, 0.1) is 18.1 Å². The maximum atomic E-state index is 5.60. The highest BCUT2D eigenvalue weighted by Gasteiger charge is 2.20. The minimum Gasteiger partial charge on any atom is -0.345 e. The van der Waals surface area contributed by atoms with Crippen LogP contribution in [-0.4, -0.2) is 13.2 Å². The number of ether oxygens (including phenoxy) is 2. The van der Waals surface area contributed by atoms with Crippen molar-refractivity contribution >= 4 is 58.8 Å². The van der Waals surface area contributed by atoms with Gasteiger partial charge in [-0.25, -0.2) is 0 Å². The Labute approximate surface area is 155 Å². The molecule has 5 rings (SSSR count). The molecule has 0 saturated carbocycles. The van der Waals surface area contributed by atoms with Crippen molar-refractivity contribution in [3.63, 3.8) is 0 Å². The third-order valence-electron chi connectivity index (χ3n) is 4.20. The number of halogens is 1. The summed E-state index contributed by atoms with van der Waals surface area (Å²) in [6.45, 7) is 1.36. The Kier molecular flexibility index (Phi) is 3.72. The molecule has 120 valence electrons. The first kappa shape index (κ1) is 15.0. The average Bonchev–Trinajstić information content (AvgIpc) is 3.33. The molecule has 1 fully saturated rings. The van der Waals surface area contributed by atoms with E-state index in [1.54, 1.807) is 11.3 Å². The van der Waals surface area contributed by atoms with E-state index in [9.17, 15) is 0 Å². The van der Waals surface area contributed by atoms with Crippen molar-refractivity contribution < 1.29 is 9.47 Å². The van der Waals surface area contributed by atoms with Crippen LogP contribution in [0.3, 0.4) is 0 Å². The maximum Gasteiger partial charge on any atom is 0.193 e. The zero-order valence-electron chi connectivity index (χ0n) is 12.6. The summed E-state index contributed by atoms with van der Waals surface area (Å²) in [5.74, 6) is 0. The van der Waals surface area contributed by atoms with Gasteiger partial charge in [0.2, 0.25) is 0 Å². The molecule has 1 aliphatic rings. The van der Waals surface area contributed by atoms with Gasteiger partial charge in [0, 0.05) is 29.5 Å². The Morgan fingerprint density at radius 2 is 1.58 bits per heavy atom. The van der Waals surface area contributed by atoms with E-state index in [1.165, 1.54) is 30.6 Å². The summed E-state index contributed by atoms with van der Waals surface area (Å²) in [6, 6.07) is 17.5. The first-order chi connectivity index (χ1) is 11.8. The number of rotatable bonds is 2. The monoisotopic (exact) mass is 416 g/mol. The highest BCUT2D eigenvalue weighted by molar-refractivity contribution is 9.10. The van der Waals surface area contributed by atoms with E-state index in [0.717, 1.165) is 9.35 Å². The highest BCUT2D eigenvalue weighted by Crippen LogP contribution is 2.40. The van der Waals surface area contributed by atoms with Crippen LogP contribution in [0, 0.1) is 0 Å². The molecule has 0 radical (unpaired) electrons. The molecule has 2 aromatic carbocycles. The lowest BCUT2D eigenvalue weighted by atomic mass is 10.1. The van der Waals surface area contributed by atoms with Gasteiger partial charge >= 0.3 is 0 Å². The zero-order chi connectivity index (χ0) is 16.1. The predicted molar refractivity (Wildman–Crippen MR) is 105 cm³/mol. The van der Waals surface area contributed by atoms with Gasteiger partial charge in [-0.1, -0.05) is 22.0 Å². The standard InChI is InChI=1S/C19H13BrO2S2/c20-12-2-4-17-14(10-12)13-9-11(1-3-16(13)24-17)15-5-6-18(23-15)19-21-7-8-22-19/h1-6,9-10,19H,7-8H2. The third kappa shape index (κ3) is 2.52. The summed E-state index contributed by atoms with van der Waals surface area (Å²) < 4.78 is 15.0. The van der Waals surface area contributed by atoms with Crippen molar-refractivity contribution in [2.24, 2.45) is 0 Å². The van der Waals surface area contributed by atoms with Crippen molar-refractivity contribution in [2.75, 3.05) is 13.2 Å². The second-order valence-corrected chi connectivity index (χ2v) is 8.84. The largest absolute Gasteiger partial charge is 0.345 e. The quantitative estimate of drug-likeness (QED) is 0.366. The van der Waals surface area contributed by atoms with Crippen LogP contribution in [-0.2, 0) is 9.47 Å². The second kappa shape index (κ2) is 5.93. The van der Waals surface area contributed by atoms with Crippen LogP contribution in [0.1, 0.15) is 11.2 Å². The summed E-state index contributed by atoms with van der Waals surface area (Å²) >= 11 is 7.18. The summed E-state index contributed by atoms with van der Waals surface area (Å²) in [7, 11) is 0. The van der Waals surface area contributed by atoms with Crippen LogP contribution in [0.2, 0.25) is 0 Å². The number of hydrogen-bond donors (Lipinski definition) is 0. The zero-order valence-corrected chi connectivity index (χ0v) is 15.8. The summed E-state index contributed by atoms with van der Waals surface area (Å²) in [4.78, 5) is 2.39. The van der Waals surface area contributed by atoms with E-state index in [1.807, 2.05) is 11.3 Å². The van der Waals surface area contributed by atoms with Gasteiger partial charge in [0.25, 0.3) is 0 Å². The molecule has 0 atom stereocenters. The number of benzene rings is 2. The van der Waals surface area contributed by atoms with E-state index in [4.69, 9.17) is 9.47 Å². The lowest BCUT2D eigenvalue weighted by Crippen LogP contribution is -1.93. The molecule has 4 aromatic rings. The predicted octanol–water partition coefficient (Wildman–Crippen LogP) is 6.59. The Hall–Kier alpha value is -1.24. The van der Waals surface area contributed by atoms with Crippen LogP contribution < -0.4 is 0 Å². The number of thiophene rings is 2. The van der Waals surface area contributed by atoms with Gasteiger partial charge < -0.3 is 9.47 Å². The highest BCUT2D eigenvalue weighted by atomic mass is 79.9. The molecule has 2 nitrogen and oxygen atoms in total. The maximum absolute atomic E-state index is 5.60. The van der Waals surface area contributed by atoms with Gasteiger partial charge in [-0.15, -0.1) is 22.7 Å². The van der Waals surface area contributed by atoms with Crippen LogP contribution in [0.15, 0.2) is 53.0 Å². The molecule has 5 heteroatoms. The molecule has 0 aliphatic carbocycles. The van der Waals surface area contributed by atoms with E-state index in [2.05, 4.69) is 64.5 Å². The molecule has 3 heterocycles. The average molecular weight is 417 g/mol. The van der Waals surface area contributed by atoms with E-state index >= 15 is 0 Å². The van der Waals surface area contributed by atoms with Crippen molar-refractivity contribution in [3.05, 3.63) is 57.9 Å². The smallest absolute Gasteiger partial charge is 0.193 e. The SMILES string of the molecule is Brc1ccc2sc3ccc(-c4ccc(C5OCCO5)s4)cc3c2c1. The van der Waals surface area contributed by atoms with Crippen LogP contribution in [0.4, 0.5) is 0 Å². The van der Waals surface area contributed by atoms with E-state index < -0.39 is 0 Å². The molecule has 1 aliphatic heterocycles. The van der Waals surface area contributed by atoms with E-state index in [0.29, 0.717) is 13.2 Å². The van der Waals surface area contributed by atoms with Crippen molar-refractivity contribution in [1.29, 1.82) is 0 Å². The summed E-state index contributed by atoms with van der Waals surface area (Å²) in [5, 5.41) is 2.63. The van der Waals surface area contributed by atoms with Crippen molar-refractivity contribution in [3.8, 4) is 10.4 Å². The van der Waals surface area contributed by atoms with Gasteiger partial charge in [0.1, 0.15) is 0 Å². The van der Waals surface area contributed by atoms with Crippen LogP contribution >= 0.6 is 38.6 Å². The third-order valence-corrected chi connectivity index (χ3v) is 7.00. The van der Waals surface area contributed by atoms with E-state index in [-0.39, 0.29) is 6.29 Å². The normalized spacial score (nSPS) is 15.7. The second-order valence-electron chi connectivity index (χ2n) is 5.73. The molecular weight excluding hydrogens is 404 g/mol. The molecule has 0 amide bonds. The fourth-order valence-electron chi connectivity index (χ4n) is 3.06. The van der Waals surface area contributed by atoms with Gasteiger partial charge in [-0.3, -0.25) is 0 Å². The fourth-order valence-corrected chi connectivity index (χ4v) is 5.49. The van der Waals surface area contributed by atoms with Crippen LogP contribution in [0.5, 0.6) is 0 Å². The molecule has 1 saturated heterocycles. The minimum atomic E-state index is -0.189. The fraction of sp³-hybridized carbons (Fsp3) is 0.158.